The monoisotopic (exact) mass is 330 g/mol. The Morgan fingerprint density at radius 1 is 0.750 bits per heavy atom. The van der Waals surface area contributed by atoms with E-state index in [1.165, 1.54) is 0 Å². The van der Waals surface area contributed by atoms with Gasteiger partial charge in [-0.3, -0.25) is 0 Å². The Morgan fingerprint density at radius 3 is 0.750 bits per heavy atom. The molecule has 0 aliphatic heterocycles. The standard InChI is InChI=1S/H2S.2H2Se.H2Te/h4*1H2. The van der Waals surface area contributed by atoms with Crippen molar-refractivity contribution >= 4 is 71.3 Å². The molecule has 0 heterocycles. The molecule has 0 saturated carbocycles. The van der Waals surface area contributed by atoms with E-state index in [-0.39, 0.29) is 71.3 Å². The van der Waals surface area contributed by atoms with Gasteiger partial charge in [0.1, 0.15) is 0 Å². The molecular weight excluding hydrogens is 318 g/mol. The van der Waals surface area contributed by atoms with Crippen LogP contribution in [-0.4, -0.2) is 57.8 Å². The fourth-order valence-corrected chi connectivity index (χ4v) is 0. The van der Waals surface area contributed by atoms with Gasteiger partial charge in [0.05, 0.1) is 0 Å². The molecule has 0 aliphatic rings. The Kier molecular flexibility index (Phi) is 166. The zero-order valence-corrected chi connectivity index (χ0v) is 10.1. The van der Waals surface area contributed by atoms with Crippen LogP contribution in [0.25, 0.3) is 0 Å². The summed E-state index contributed by atoms with van der Waals surface area (Å²) in [6.45, 7) is 0. The summed E-state index contributed by atoms with van der Waals surface area (Å²) >= 11 is 0. The third-order valence-corrected chi connectivity index (χ3v) is 0. The van der Waals surface area contributed by atoms with Crippen molar-refractivity contribution in [3.05, 3.63) is 0 Å². The van der Waals surface area contributed by atoms with E-state index in [1.54, 1.807) is 0 Å². The van der Waals surface area contributed by atoms with Crippen molar-refractivity contribution < 1.29 is 0 Å². The molecule has 0 atom stereocenters. The molecule has 0 bridgehead atoms. The van der Waals surface area contributed by atoms with Gasteiger partial charge in [-0.15, -0.1) is 0 Å². The quantitative estimate of drug-likeness (QED) is 0.427. The van der Waals surface area contributed by atoms with Crippen LogP contribution in [0.5, 0.6) is 0 Å². The second kappa shape index (κ2) is 19.1. The molecule has 0 aromatic rings. The summed E-state index contributed by atoms with van der Waals surface area (Å²) in [5.74, 6) is 0. The predicted octanol–water partition coefficient (Wildman–Crippen LogP) is -2.64. The molecule has 4 heavy (non-hydrogen) atoms. The van der Waals surface area contributed by atoms with Crippen LogP contribution in [0.2, 0.25) is 0 Å². The first-order valence-electron chi connectivity index (χ1n) is 0. The van der Waals surface area contributed by atoms with E-state index in [1.807, 2.05) is 0 Å². The molecule has 0 N–H and O–H groups in total. The molecule has 0 unspecified atom stereocenters. The Balaban J connectivity index is 0. The van der Waals surface area contributed by atoms with Crippen molar-refractivity contribution in [3.8, 4) is 0 Å². The second-order valence-corrected chi connectivity index (χ2v) is 0. The molecule has 0 aromatic carbocycles. The van der Waals surface area contributed by atoms with Gasteiger partial charge in [-0.2, -0.15) is 13.5 Å². The van der Waals surface area contributed by atoms with Crippen molar-refractivity contribution in [2.45, 2.75) is 0 Å². The first kappa shape index (κ1) is 34.9. The normalized spacial score (nSPS) is 0. The van der Waals surface area contributed by atoms with Crippen LogP contribution in [0.4, 0.5) is 0 Å². The number of rotatable bonds is 0. The van der Waals surface area contributed by atoms with E-state index in [0.29, 0.717) is 0 Å². The molecule has 0 aromatic heterocycles. The topological polar surface area (TPSA) is 0 Å². The molecule has 0 fully saturated rings. The van der Waals surface area contributed by atoms with Crippen molar-refractivity contribution in [3.63, 3.8) is 0 Å². The van der Waals surface area contributed by atoms with Crippen LogP contribution in [0.3, 0.4) is 0 Å². The maximum absolute atomic E-state index is 0. The molecular formula is H8SSe2Te. The SMILES string of the molecule is S.[SeH2].[SeH2].[TeH2]. The zero-order chi connectivity index (χ0) is 0. The summed E-state index contributed by atoms with van der Waals surface area (Å²) < 4.78 is 0. The van der Waals surface area contributed by atoms with Gasteiger partial charge in [0, 0.05) is 0 Å². The molecule has 0 nitrogen and oxygen atoms in total. The van der Waals surface area contributed by atoms with E-state index >= 15 is 0 Å². The Morgan fingerprint density at radius 2 is 0.750 bits per heavy atom. The minimum atomic E-state index is 0. The fraction of sp³-hybridized carbons (Fsp3) is 0. The Labute approximate surface area is 70.6 Å². The maximum atomic E-state index is 0. The van der Waals surface area contributed by atoms with Crippen molar-refractivity contribution in [1.82, 2.24) is 0 Å². The van der Waals surface area contributed by atoms with E-state index < -0.39 is 0 Å². The Hall–Kier alpha value is 2.18. The van der Waals surface area contributed by atoms with Crippen LogP contribution in [0.1, 0.15) is 0 Å². The van der Waals surface area contributed by atoms with Crippen LogP contribution in [0, 0.1) is 0 Å². The molecule has 0 rings (SSSR count). The fourth-order valence-electron chi connectivity index (χ4n) is 0. The van der Waals surface area contributed by atoms with E-state index in [2.05, 4.69) is 0 Å². The van der Waals surface area contributed by atoms with Crippen LogP contribution >= 0.6 is 13.5 Å². The van der Waals surface area contributed by atoms with E-state index in [9.17, 15) is 0 Å². The van der Waals surface area contributed by atoms with E-state index in [0.717, 1.165) is 0 Å². The average Bonchev–Trinajstić information content (AvgIpc) is 0. The number of hydrogen-bond donors (Lipinski definition) is 0. The van der Waals surface area contributed by atoms with Gasteiger partial charge < -0.3 is 0 Å². The van der Waals surface area contributed by atoms with Crippen molar-refractivity contribution in [2.24, 2.45) is 0 Å². The summed E-state index contributed by atoms with van der Waals surface area (Å²) in [6.07, 6.45) is 0. The molecule has 0 aliphatic carbocycles. The number of hydrogen-bond acceptors (Lipinski definition) is 0. The zero-order valence-electron chi connectivity index (χ0n) is 2.00. The van der Waals surface area contributed by atoms with Gasteiger partial charge in [0.2, 0.25) is 0 Å². The third-order valence-electron chi connectivity index (χ3n) is 0. The van der Waals surface area contributed by atoms with Gasteiger partial charge in [0.15, 0.2) is 0 Å². The van der Waals surface area contributed by atoms with Gasteiger partial charge in [0.25, 0.3) is 0 Å². The molecule has 0 amide bonds. The summed E-state index contributed by atoms with van der Waals surface area (Å²) in [4.78, 5) is 0. The van der Waals surface area contributed by atoms with Crippen LogP contribution < -0.4 is 0 Å². The van der Waals surface area contributed by atoms with E-state index in [4.69, 9.17) is 0 Å². The van der Waals surface area contributed by atoms with Gasteiger partial charge >= 0.3 is 57.8 Å². The summed E-state index contributed by atoms with van der Waals surface area (Å²) in [6, 6.07) is 0. The Bertz CT molecular complexity index is 6.00. The second-order valence-electron chi connectivity index (χ2n) is 0. The van der Waals surface area contributed by atoms with Gasteiger partial charge in [-0.05, 0) is 0 Å². The molecule has 32 valence electrons. The van der Waals surface area contributed by atoms with Crippen LogP contribution in [0.15, 0.2) is 0 Å². The van der Waals surface area contributed by atoms with Crippen molar-refractivity contribution in [1.29, 1.82) is 0 Å². The van der Waals surface area contributed by atoms with Crippen molar-refractivity contribution in [2.75, 3.05) is 0 Å². The molecule has 0 saturated heterocycles. The first-order valence-corrected chi connectivity index (χ1v) is 0. The summed E-state index contributed by atoms with van der Waals surface area (Å²) in [7, 11) is 0. The van der Waals surface area contributed by atoms with Gasteiger partial charge in [-0.1, -0.05) is 0 Å². The first-order chi connectivity index (χ1) is 0. The summed E-state index contributed by atoms with van der Waals surface area (Å²) in [5.41, 5.74) is 0. The average molecular weight is 326 g/mol. The predicted molar refractivity (Wildman–Crippen MR) is 36.0 cm³/mol. The minimum absolute atomic E-state index is 0. The third kappa shape index (κ3) is 8.90. The molecule has 0 spiro atoms. The molecule has 0 radical (unpaired) electrons. The van der Waals surface area contributed by atoms with Gasteiger partial charge in [-0.25, -0.2) is 0 Å². The van der Waals surface area contributed by atoms with Crippen LogP contribution in [-0.2, 0) is 0 Å². The summed E-state index contributed by atoms with van der Waals surface area (Å²) in [5, 5.41) is 0. The molecule has 4 heteroatoms.